The SMILES string of the molecule is COc1ccc(C(=S)N=CN)cc1. The molecule has 0 aliphatic carbocycles. The van der Waals surface area contributed by atoms with Crippen LogP contribution in [0.4, 0.5) is 0 Å². The Morgan fingerprint density at radius 2 is 2.08 bits per heavy atom. The topological polar surface area (TPSA) is 47.6 Å². The summed E-state index contributed by atoms with van der Waals surface area (Å²) in [5, 5.41) is 0. The van der Waals surface area contributed by atoms with Gasteiger partial charge < -0.3 is 10.5 Å². The minimum Gasteiger partial charge on any atom is -0.497 e. The Balaban J connectivity index is 2.85. The Morgan fingerprint density at radius 1 is 1.46 bits per heavy atom. The quantitative estimate of drug-likeness (QED) is 0.439. The van der Waals surface area contributed by atoms with Gasteiger partial charge in [-0.1, -0.05) is 12.2 Å². The maximum atomic E-state index is 5.12. The lowest BCUT2D eigenvalue weighted by molar-refractivity contribution is 0.415. The fraction of sp³-hybridized carbons (Fsp3) is 0.111. The lowest BCUT2D eigenvalue weighted by Gasteiger charge is -2.00. The predicted octanol–water partition coefficient (Wildman–Crippen LogP) is 1.36. The van der Waals surface area contributed by atoms with Crippen molar-refractivity contribution in [1.29, 1.82) is 0 Å². The van der Waals surface area contributed by atoms with E-state index in [-0.39, 0.29) is 0 Å². The molecule has 0 aromatic heterocycles. The summed E-state index contributed by atoms with van der Waals surface area (Å²) in [5.41, 5.74) is 5.98. The zero-order chi connectivity index (χ0) is 9.68. The minimum absolute atomic E-state index is 0.477. The van der Waals surface area contributed by atoms with Crippen LogP contribution in [0.3, 0.4) is 0 Å². The van der Waals surface area contributed by atoms with E-state index in [2.05, 4.69) is 4.99 Å². The summed E-state index contributed by atoms with van der Waals surface area (Å²) in [6.07, 6.45) is 1.19. The Bertz CT molecular complexity index is 319. The standard InChI is InChI=1S/C9H10N2OS/c1-12-8-4-2-7(3-5-8)9(13)11-6-10/h2-6H,1H3,(H2,10,11,13). The summed E-state index contributed by atoms with van der Waals surface area (Å²) < 4.78 is 5.00. The summed E-state index contributed by atoms with van der Waals surface area (Å²) >= 11 is 4.98. The molecule has 0 aliphatic rings. The van der Waals surface area contributed by atoms with E-state index in [9.17, 15) is 0 Å². The second kappa shape index (κ2) is 4.57. The first kappa shape index (κ1) is 9.67. The van der Waals surface area contributed by atoms with Crippen molar-refractivity contribution in [3.63, 3.8) is 0 Å². The van der Waals surface area contributed by atoms with Crippen molar-refractivity contribution in [2.24, 2.45) is 10.7 Å². The van der Waals surface area contributed by atoms with Crippen molar-refractivity contribution >= 4 is 23.5 Å². The highest BCUT2D eigenvalue weighted by Gasteiger charge is 1.97. The second-order valence-corrected chi connectivity index (χ2v) is 2.70. The van der Waals surface area contributed by atoms with Crippen molar-refractivity contribution in [1.82, 2.24) is 0 Å². The molecular weight excluding hydrogens is 184 g/mol. The molecule has 3 nitrogen and oxygen atoms in total. The summed E-state index contributed by atoms with van der Waals surface area (Å²) in [6, 6.07) is 7.34. The number of methoxy groups -OCH3 is 1. The molecule has 0 aliphatic heterocycles. The number of rotatable bonds is 2. The molecule has 13 heavy (non-hydrogen) atoms. The second-order valence-electron chi connectivity index (χ2n) is 2.31. The van der Waals surface area contributed by atoms with Gasteiger partial charge in [-0.05, 0) is 24.3 Å². The molecule has 1 rings (SSSR count). The minimum atomic E-state index is 0.477. The molecule has 0 bridgehead atoms. The molecule has 0 amide bonds. The first-order valence-corrected chi connectivity index (χ1v) is 4.11. The van der Waals surface area contributed by atoms with Gasteiger partial charge in [0.15, 0.2) is 0 Å². The smallest absolute Gasteiger partial charge is 0.135 e. The van der Waals surface area contributed by atoms with Crippen LogP contribution < -0.4 is 10.5 Å². The van der Waals surface area contributed by atoms with Crippen LogP contribution in [0.25, 0.3) is 0 Å². The Labute approximate surface area is 82.2 Å². The van der Waals surface area contributed by atoms with Crippen molar-refractivity contribution in [3.05, 3.63) is 29.8 Å². The average molecular weight is 194 g/mol. The lowest BCUT2D eigenvalue weighted by atomic mass is 10.2. The van der Waals surface area contributed by atoms with Crippen LogP contribution in [0.5, 0.6) is 5.75 Å². The molecule has 1 aromatic carbocycles. The van der Waals surface area contributed by atoms with Crippen LogP contribution in [-0.4, -0.2) is 18.4 Å². The molecule has 0 fully saturated rings. The third kappa shape index (κ3) is 2.52. The van der Waals surface area contributed by atoms with Gasteiger partial charge in [0.05, 0.1) is 13.4 Å². The van der Waals surface area contributed by atoms with Crippen LogP contribution in [-0.2, 0) is 0 Å². The molecule has 4 heteroatoms. The van der Waals surface area contributed by atoms with E-state index in [0.29, 0.717) is 4.99 Å². The lowest BCUT2D eigenvalue weighted by Crippen LogP contribution is -1.97. The van der Waals surface area contributed by atoms with Crippen molar-refractivity contribution in [2.45, 2.75) is 0 Å². The molecule has 1 aromatic rings. The largest absolute Gasteiger partial charge is 0.497 e. The van der Waals surface area contributed by atoms with Gasteiger partial charge >= 0.3 is 0 Å². The van der Waals surface area contributed by atoms with Crippen LogP contribution >= 0.6 is 12.2 Å². The zero-order valence-corrected chi connectivity index (χ0v) is 8.04. The number of nitrogens with zero attached hydrogens (tertiary/aromatic N) is 1. The van der Waals surface area contributed by atoms with Gasteiger partial charge in [0.25, 0.3) is 0 Å². The van der Waals surface area contributed by atoms with Gasteiger partial charge in [-0.3, -0.25) is 0 Å². The number of hydrogen-bond donors (Lipinski definition) is 1. The summed E-state index contributed by atoms with van der Waals surface area (Å²) in [5.74, 6) is 0.795. The van der Waals surface area contributed by atoms with Crippen molar-refractivity contribution in [2.75, 3.05) is 7.11 Å². The van der Waals surface area contributed by atoms with E-state index >= 15 is 0 Å². The maximum Gasteiger partial charge on any atom is 0.135 e. The average Bonchev–Trinajstić information content (AvgIpc) is 2.18. The summed E-state index contributed by atoms with van der Waals surface area (Å²) in [7, 11) is 1.62. The molecule has 0 heterocycles. The number of thiocarbonyl (C=S) groups is 1. The molecule has 0 radical (unpaired) electrons. The molecule has 0 unspecified atom stereocenters. The van der Waals surface area contributed by atoms with Gasteiger partial charge in [0.2, 0.25) is 0 Å². The number of aliphatic imine (C=N–C) groups is 1. The molecule has 0 spiro atoms. The van der Waals surface area contributed by atoms with Gasteiger partial charge in [0.1, 0.15) is 10.7 Å². The number of hydrogen-bond acceptors (Lipinski definition) is 2. The number of ether oxygens (including phenoxy) is 1. The molecule has 0 atom stereocenters. The third-order valence-electron chi connectivity index (χ3n) is 1.53. The van der Waals surface area contributed by atoms with Crippen LogP contribution in [0.2, 0.25) is 0 Å². The molecular formula is C9H10N2OS. The van der Waals surface area contributed by atoms with Crippen LogP contribution in [0, 0.1) is 0 Å². The highest BCUT2D eigenvalue weighted by atomic mass is 32.1. The van der Waals surface area contributed by atoms with Gasteiger partial charge in [0, 0.05) is 5.56 Å². The fourth-order valence-electron chi connectivity index (χ4n) is 0.876. The first-order valence-electron chi connectivity index (χ1n) is 3.70. The van der Waals surface area contributed by atoms with Crippen molar-refractivity contribution in [3.8, 4) is 5.75 Å². The molecule has 0 saturated carbocycles. The van der Waals surface area contributed by atoms with Crippen LogP contribution in [0.1, 0.15) is 5.56 Å². The van der Waals surface area contributed by atoms with Crippen molar-refractivity contribution < 1.29 is 4.74 Å². The maximum absolute atomic E-state index is 5.12. The number of nitrogens with two attached hydrogens (primary N) is 1. The van der Waals surface area contributed by atoms with E-state index < -0.39 is 0 Å². The van der Waals surface area contributed by atoms with Gasteiger partial charge in [-0.2, -0.15) is 0 Å². The molecule has 68 valence electrons. The Morgan fingerprint density at radius 3 is 2.54 bits per heavy atom. The molecule has 2 N–H and O–H groups in total. The van der Waals surface area contributed by atoms with E-state index in [4.69, 9.17) is 22.7 Å². The Hall–Kier alpha value is -1.42. The third-order valence-corrected chi connectivity index (χ3v) is 1.87. The number of benzene rings is 1. The van der Waals surface area contributed by atoms with Gasteiger partial charge in [-0.25, -0.2) is 4.99 Å². The van der Waals surface area contributed by atoms with E-state index in [1.54, 1.807) is 7.11 Å². The predicted molar refractivity (Wildman–Crippen MR) is 57.4 cm³/mol. The van der Waals surface area contributed by atoms with E-state index in [1.165, 1.54) is 6.34 Å². The van der Waals surface area contributed by atoms with E-state index in [1.807, 2.05) is 24.3 Å². The summed E-state index contributed by atoms with van der Waals surface area (Å²) in [6.45, 7) is 0. The Kier molecular flexibility index (Phi) is 3.40. The summed E-state index contributed by atoms with van der Waals surface area (Å²) in [4.78, 5) is 4.27. The first-order chi connectivity index (χ1) is 6.27. The monoisotopic (exact) mass is 194 g/mol. The highest BCUT2D eigenvalue weighted by molar-refractivity contribution is 7.80. The van der Waals surface area contributed by atoms with Crippen LogP contribution in [0.15, 0.2) is 29.3 Å². The zero-order valence-electron chi connectivity index (χ0n) is 7.23. The fourth-order valence-corrected chi connectivity index (χ4v) is 1.07. The normalized spacial score (nSPS) is 10.2. The van der Waals surface area contributed by atoms with E-state index in [0.717, 1.165) is 11.3 Å². The van der Waals surface area contributed by atoms with Gasteiger partial charge in [-0.15, -0.1) is 0 Å². The molecule has 0 saturated heterocycles. The highest BCUT2D eigenvalue weighted by Crippen LogP contribution is 2.12.